The molecule has 0 bridgehead atoms. The molecule has 0 radical (unpaired) electrons. The lowest BCUT2D eigenvalue weighted by atomic mass is 10.2. The molecule has 1 aliphatic rings. The molecule has 5 heteroatoms. The van der Waals surface area contributed by atoms with Gasteiger partial charge in [-0.3, -0.25) is 4.90 Å². The molecule has 122 valence electrons. The molecule has 0 saturated carbocycles. The monoisotopic (exact) mass is 329 g/mol. The number of carbonyl (C=O) groups excluding carboxylic acids is 1. The molecule has 0 spiro atoms. The highest BCUT2D eigenvalue weighted by molar-refractivity contribution is 7.10. The summed E-state index contributed by atoms with van der Waals surface area (Å²) in [7, 11) is 0. The standard InChI is InChI=1S/C18H23N3OS/c22-18(19-13-15-7-2-1-3-8-15)20-14-16(17-9-6-12-23-17)21-10-4-5-11-21/h1-3,6-9,12,16H,4-5,10-11,13-14H2,(H2,19,20,22)/t16-/m1/s1. The summed E-state index contributed by atoms with van der Waals surface area (Å²) in [5.74, 6) is 0. The number of benzene rings is 1. The summed E-state index contributed by atoms with van der Waals surface area (Å²) < 4.78 is 0. The van der Waals surface area contributed by atoms with Crippen molar-refractivity contribution in [3.8, 4) is 0 Å². The highest BCUT2D eigenvalue weighted by atomic mass is 32.1. The Bertz CT molecular complexity index is 594. The van der Waals surface area contributed by atoms with Crippen LogP contribution in [0.25, 0.3) is 0 Å². The van der Waals surface area contributed by atoms with E-state index in [0.717, 1.165) is 18.7 Å². The Kier molecular flexibility index (Phi) is 5.66. The number of nitrogens with zero attached hydrogens (tertiary/aromatic N) is 1. The molecule has 1 atom stereocenters. The van der Waals surface area contributed by atoms with Crippen molar-refractivity contribution in [3.05, 3.63) is 58.3 Å². The molecule has 2 heterocycles. The Morgan fingerprint density at radius 2 is 1.87 bits per heavy atom. The Morgan fingerprint density at radius 1 is 1.09 bits per heavy atom. The summed E-state index contributed by atoms with van der Waals surface area (Å²) in [6.07, 6.45) is 2.50. The first kappa shape index (κ1) is 16.0. The molecule has 0 aliphatic carbocycles. The molecular formula is C18H23N3OS. The topological polar surface area (TPSA) is 44.4 Å². The molecule has 2 amide bonds. The molecule has 4 nitrogen and oxygen atoms in total. The lowest BCUT2D eigenvalue weighted by Gasteiger charge is -2.26. The van der Waals surface area contributed by atoms with Crippen LogP contribution in [0, 0.1) is 0 Å². The summed E-state index contributed by atoms with van der Waals surface area (Å²) in [5, 5.41) is 8.06. The van der Waals surface area contributed by atoms with Crippen molar-refractivity contribution in [2.24, 2.45) is 0 Å². The number of nitrogens with one attached hydrogen (secondary N) is 2. The molecular weight excluding hydrogens is 306 g/mol. The van der Waals surface area contributed by atoms with Crippen molar-refractivity contribution in [2.45, 2.75) is 25.4 Å². The average Bonchev–Trinajstić information content (AvgIpc) is 3.28. The minimum absolute atomic E-state index is 0.102. The van der Waals surface area contributed by atoms with Gasteiger partial charge in [-0.05, 0) is 42.9 Å². The fourth-order valence-corrected chi connectivity index (χ4v) is 3.83. The van der Waals surface area contributed by atoms with Crippen molar-refractivity contribution in [3.63, 3.8) is 0 Å². The number of likely N-dealkylation sites (tertiary alicyclic amines) is 1. The zero-order valence-corrected chi connectivity index (χ0v) is 14.0. The van der Waals surface area contributed by atoms with E-state index in [0.29, 0.717) is 19.1 Å². The fraction of sp³-hybridized carbons (Fsp3) is 0.389. The highest BCUT2D eigenvalue weighted by Crippen LogP contribution is 2.27. The SMILES string of the molecule is O=C(NCc1ccccc1)NC[C@H](c1cccs1)N1CCCC1. The van der Waals surface area contributed by atoms with Gasteiger partial charge in [-0.15, -0.1) is 11.3 Å². The van der Waals surface area contributed by atoms with Crippen LogP contribution >= 0.6 is 11.3 Å². The van der Waals surface area contributed by atoms with Crippen LogP contribution in [-0.4, -0.2) is 30.6 Å². The maximum absolute atomic E-state index is 12.1. The maximum Gasteiger partial charge on any atom is 0.315 e. The van der Waals surface area contributed by atoms with E-state index in [1.54, 1.807) is 11.3 Å². The first-order chi connectivity index (χ1) is 11.3. The van der Waals surface area contributed by atoms with E-state index in [4.69, 9.17) is 0 Å². The predicted molar refractivity (Wildman–Crippen MR) is 94.5 cm³/mol. The third-order valence-corrected chi connectivity index (χ3v) is 5.18. The minimum atomic E-state index is -0.102. The Labute approximate surface area is 141 Å². The summed E-state index contributed by atoms with van der Waals surface area (Å²) in [4.78, 5) is 15.9. The first-order valence-electron chi connectivity index (χ1n) is 8.16. The van der Waals surface area contributed by atoms with Crippen LogP contribution in [0.15, 0.2) is 47.8 Å². The summed E-state index contributed by atoms with van der Waals surface area (Å²) >= 11 is 1.77. The van der Waals surface area contributed by atoms with Gasteiger partial charge in [0, 0.05) is 18.0 Å². The average molecular weight is 329 g/mol. The van der Waals surface area contributed by atoms with E-state index < -0.39 is 0 Å². The van der Waals surface area contributed by atoms with Gasteiger partial charge in [0.1, 0.15) is 0 Å². The zero-order valence-electron chi connectivity index (χ0n) is 13.2. The predicted octanol–water partition coefficient (Wildman–Crippen LogP) is 3.38. The maximum atomic E-state index is 12.1. The smallest absolute Gasteiger partial charge is 0.315 e. The number of rotatable bonds is 6. The van der Waals surface area contributed by atoms with E-state index in [-0.39, 0.29) is 6.03 Å². The van der Waals surface area contributed by atoms with Gasteiger partial charge in [-0.25, -0.2) is 4.79 Å². The lowest BCUT2D eigenvalue weighted by Crippen LogP contribution is -2.41. The van der Waals surface area contributed by atoms with E-state index in [1.807, 2.05) is 30.3 Å². The van der Waals surface area contributed by atoms with Gasteiger partial charge >= 0.3 is 6.03 Å². The number of urea groups is 1. The second-order valence-electron chi connectivity index (χ2n) is 5.82. The van der Waals surface area contributed by atoms with Crippen molar-refractivity contribution in [1.29, 1.82) is 0 Å². The molecule has 3 rings (SSSR count). The number of carbonyl (C=O) groups is 1. The summed E-state index contributed by atoms with van der Waals surface area (Å²) in [5.41, 5.74) is 1.11. The largest absolute Gasteiger partial charge is 0.336 e. The van der Waals surface area contributed by atoms with E-state index >= 15 is 0 Å². The second-order valence-corrected chi connectivity index (χ2v) is 6.80. The summed E-state index contributed by atoms with van der Waals surface area (Å²) in [6.45, 7) is 3.45. The van der Waals surface area contributed by atoms with Crippen LogP contribution in [0.1, 0.15) is 29.3 Å². The minimum Gasteiger partial charge on any atom is -0.336 e. The van der Waals surface area contributed by atoms with Gasteiger partial charge < -0.3 is 10.6 Å². The molecule has 23 heavy (non-hydrogen) atoms. The molecule has 2 aromatic rings. The van der Waals surface area contributed by atoms with E-state index in [2.05, 4.69) is 33.0 Å². The number of thiophene rings is 1. The lowest BCUT2D eigenvalue weighted by molar-refractivity contribution is 0.222. The Balaban J connectivity index is 1.51. The van der Waals surface area contributed by atoms with Gasteiger partial charge in [-0.2, -0.15) is 0 Å². The van der Waals surface area contributed by atoms with Gasteiger partial charge in [0.2, 0.25) is 0 Å². The van der Waals surface area contributed by atoms with Crippen LogP contribution in [-0.2, 0) is 6.54 Å². The molecule has 1 fully saturated rings. The third-order valence-electron chi connectivity index (χ3n) is 4.20. The van der Waals surface area contributed by atoms with Gasteiger partial charge in [0.05, 0.1) is 6.04 Å². The van der Waals surface area contributed by atoms with Gasteiger partial charge in [0.15, 0.2) is 0 Å². The van der Waals surface area contributed by atoms with Crippen molar-refractivity contribution >= 4 is 17.4 Å². The van der Waals surface area contributed by atoms with Crippen molar-refractivity contribution in [2.75, 3.05) is 19.6 Å². The van der Waals surface area contributed by atoms with Crippen LogP contribution in [0.2, 0.25) is 0 Å². The normalized spacial score (nSPS) is 16.2. The van der Waals surface area contributed by atoms with Crippen molar-refractivity contribution < 1.29 is 4.79 Å². The second kappa shape index (κ2) is 8.13. The number of amides is 2. The molecule has 1 aromatic heterocycles. The molecule has 1 saturated heterocycles. The quantitative estimate of drug-likeness (QED) is 0.853. The first-order valence-corrected chi connectivity index (χ1v) is 9.04. The van der Waals surface area contributed by atoms with Crippen LogP contribution in [0.3, 0.4) is 0 Å². The van der Waals surface area contributed by atoms with E-state index in [9.17, 15) is 4.79 Å². The molecule has 2 N–H and O–H groups in total. The summed E-state index contributed by atoms with van der Waals surface area (Å²) in [6, 6.07) is 14.4. The molecule has 0 unspecified atom stereocenters. The van der Waals surface area contributed by atoms with Gasteiger partial charge in [0.25, 0.3) is 0 Å². The zero-order chi connectivity index (χ0) is 15.9. The van der Waals surface area contributed by atoms with Gasteiger partial charge in [-0.1, -0.05) is 36.4 Å². The van der Waals surface area contributed by atoms with E-state index in [1.165, 1.54) is 17.7 Å². The fourth-order valence-electron chi connectivity index (χ4n) is 2.97. The highest BCUT2D eigenvalue weighted by Gasteiger charge is 2.24. The molecule has 1 aromatic carbocycles. The molecule has 1 aliphatic heterocycles. The van der Waals surface area contributed by atoms with Crippen molar-refractivity contribution in [1.82, 2.24) is 15.5 Å². The third kappa shape index (κ3) is 4.56. The number of hydrogen-bond donors (Lipinski definition) is 2. The number of hydrogen-bond acceptors (Lipinski definition) is 3. The Morgan fingerprint density at radius 3 is 2.57 bits per heavy atom. The van der Waals surface area contributed by atoms with Crippen LogP contribution in [0.4, 0.5) is 4.79 Å². The van der Waals surface area contributed by atoms with Crippen LogP contribution in [0.5, 0.6) is 0 Å². The van der Waals surface area contributed by atoms with Crippen LogP contribution < -0.4 is 10.6 Å². The Hall–Kier alpha value is -1.85.